The number of aliphatic hydroxyl groups excluding tert-OH is 2. The number of phosphoric acid groups is 3. The molecule has 0 spiro atoms. The van der Waals surface area contributed by atoms with Crippen LogP contribution in [-0.4, -0.2) is 145 Å². The van der Waals surface area contributed by atoms with Crippen molar-refractivity contribution in [3.05, 3.63) is 12.7 Å². The van der Waals surface area contributed by atoms with E-state index in [-0.39, 0.29) is 54.4 Å². The number of nitrogen functional groups attached to an aromatic ring is 1. The number of rotatable bonds is 24. The molecule has 1 aliphatic rings. The zero-order valence-electron chi connectivity index (χ0n) is 32.6. The predicted molar refractivity (Wildman–Crippen MR) is 207 cm³/mol. The fourth-order valence-corrected chi connectivity index (χ4v) is 8.20. The number of imidazole rings is 1. The normalized spacial score (nSPS) is 20.4. The van der Waals surface area contributed by atoms with Crippen molar-refractivity contribution in [1.82, 2.24) is 30.2 Å². The van der Waals surface area contributed by atoms with Crippen LogP contribution in [0.15, 0.2) is 12.7 Å². The number of hydrogen-bond acceptors (Lipinski definition) is 20. The van der Waals surface area contributed by atoms with E-state index in [2.05, 4.69) is 34.4 Å². The van der Waals surface area contributed by atoms with E-state index in [1.54, 1.807) is 0 Å². The molecule has 1 saturated heterocycles. The van der Waals surface area contributed by atoms with Gasteiger partial charge in [0.25, 0.3) is 0 Å². The van der Waals surface area contributed by atoms with Gasteiger partial charge in [0, 0.05) is 50.4 Å². The number of aliphatic hydroxyl groups is 2. The second kappa shape index (κ2) is 23.8. The van der Waals surface area contributed by atoms with E-state index in [0.29, 0.717) is 18.6 Å². The minimum Gasteiger partial charge on any atom is -0.481 e. The largest absolute Gasteiger partial charge is 0.481 e. The van der Waals surface area contributed by atoms with Crippen molar-refractivity contribution in [2.24, 2.45) is 5.41 Å². The Morgan fingerprint density at radius 3 is 2.13 bits per heavy atom. The van der Waals surface area contributed by atoms with Crippen molar-refractivity contribution in [3.8, 4) is 0 Å². The second-order valence-corrected chi connectivity index (χ2v) is 18.9. The molecule has 3 rings (SSSR count). The molecule has 61 heavy (non-hydrogen) atoms. The molecular weight excluding hydrogens is 907 g/mol. The SMILES string of the molecule is CC(=O)SCCNC(=O)CCNC(=O)C(O)C(C)(C)COP(=O)(O)OP(=O)(O)OC[C@H]1O[C@@H](n2cnc3c(N)ncnc32)[C@H](O)[C@@H]1OP(=O)(O)O.O=C(O)CCCCC(=O)O. The summed E-state index contributed by atoms with van der Waals surface area (Å²) >= 11 is 1.03. The highest BCUT2D eigenvalue weighted by Crippen LogP contribution is 2.61. The number of nitrogens with one attached hydrogen (secondary N) is 2. The van der Waals surface area contributed by atoms with Gasteiger partial charge < -0.3 is 61.1 Å². The van der Waals surface area contributed by atoms with Gasteiger partial charge in [0.2, 0.25) is 11.8 Å². The first-order valence-electron chi connectivity index (χ1n) is 17.6. The van der Waals surface area contributed by atoms with Gasteiger partial charge in [-0.05, 0) is 12.8 Å². The molecule has 3 unspecified atom stereocenters. The topological polar surface area (TPSA) is 438 Å². The lowest BCUT2D eigenvalue weighted by Crippen LogP contribution is -2.46. The van der Waals surface area contributed by atoms with Gasteiger partial charge >= 0.3 is 35.4 Å². The molecule has 28 nitrogen and oxygen atoms in total. The van der Waals surface area contributed by atoms with E-state index in [4.69, 9.17) is 29.7 Å². The van der Waals surface area contributed by atoms with E-state index in [9.17, 15) is 67.5 Å². The maximum absolute atomic E-state index is 12.6. The number of amides is 2. The number of carbonyl (C=O) groups excluding carboxylic acids is 3. The summed E-state index contributed by atoms with van der Waals surface area (Å²) in [6, 6.07) is 0. The molecule has 2 aromatic heterocycles. The van der Waals surface area contributed by atoms with Gasteiger partial charge in [-0.1, -0.05) is 25.6 Å². The Labute approximate surface area is 350 Å². The van der Waals surface area contributed by atoms with Crippen molar-refractivity contribution in [1.29, 1.82) is 0 Å². The number of ether oxygens (including phenoxy) is 1. The van der Waals surface area contributed by atoms with Crippen LogP contribution in [0, 0.1) is 5.41 Å². The van der Waals surface area contributed by atoms with Gasteiger partial charge in [-0.2, -0.15) is 4.31 Å². The summed E-state index contributed by atoms with van der Waals surface area (Å²) in [7, 11) is -16.4. The van der Waals surface area contributed by atoms with Crippen molar-refractivity contribution >= 4 is 81.1 Å². The number of fused-ring (bicyclic) bond motifs is 1. The number of nitrogens with two attached hydrogens (primary N) is 1. The molecule has 7 atom stereocenters. The first-order valence-corrected chi connectivity index (χ1v) is 23.1. The maximum atomic E-state index is 12.6. The summed E-state index contributed by atoms with van der Waals surface area (Å²) < 4.78 is 61.8. The number of aliphatic carboxylic acids is 2. The summed E-state index contributed by atoms with van der Waals surface area (Å²) in [6.07, 6.45) is -5.86. The van der Waals surface area contributed by atoms with Crippen LogP contribution >= 0.6 is 35.2 Å². The molecule has 3 heterocycles. The lowest BCUT2D eigenvalue weighted by molar-refractivity contribution is -0.139. The number of carboxylic acids is 2. The number of phosphoric ester groups is 3. The Bertz CT molecular complexity index is 1970. The lowest BCUT2D eigenvalue weighted by atomic mass is 9.87. The molecule has 0 radical (unpaired) electrons. The molecular formula is C29H48N7O21P3S. The number of carbonyl (C=O) groups is 5. The second-order valence-electron chi connectivity index (χ2n) is 13.4. The highest BCUT2D eigenvalue weighted by atomic mass is 32.2. The van der Waals surface area contributed by atoms with Gasteiger partial charge in [-0.15, -0.1) is 0 Å². The Balaban J connectivity index is 0.00000113. The number of carboxylic acid groups (broad SMARTS) is 2. The van der Waals surface area contributed by atoms with Gasteiger partial charge in [0.1, 0.15) is 36.3 Å². The average molecular weight is 956 g/mol. The number of anilines is 1. The highest BCUT2D eigenvalue weighted by Gasteiger charge is 2.50. The van der Waals surface area contributed by atoms with Crippen LogP contribution in [0.1, 0.15) is 59.1 Å². The average Bonchev–Trinajstić information content (AvgIpc) is 3.70. The van der Waals surface area contributed by atoms with Crippen LogP contribution in [0.3, 0.4) is 0 Å². The number of hydrogen-bond donors (Lipinski definition) is 11. The zero-order chi connectivity index (χ0) is 46.3. The number of aromatic nitrogens is 4. The molecule has 1 fully saturated rings. The molecule has 0 aromatic carbocycles. The predicted octanol–water partition coefficient (Wildman–Crippen LogP) is -0.599. The molecule has 0 bridgehead atoms. The van der Waals surface area contributed by atoms with E-state index < -0.39 is 96.5 Å². The van der Waals surface area contributed by atoms with Gasteiger partial charge in [-0.3, -0.25) is 42.1 Å². The molecule has 1 aliphatic heterocycles. The first-order chi connectivity index (χ1) is 28.1. The van der Waals surface area contributed by atoms with Crippen LogP contribution in [-0.2, 0) is 60.3 Å². The quantitative estimate of drug-likeness (QED) is 0.0462. The molecule has 0 saturated carbocycles. The molecule has 32 heteroatoms. The monoisotopic (exact) mass is 955 g/mol. The number of unbranched alkanes of at least 4 members (excludes halogenated alkanes) is 1. The molecule has 0 aliphatic carbocycles. The van der Waals surface area contributed by atoms with Crippen molar-refractivity contribution in [2.45, 2.75) is 83.5 Å². The number of nitrogens with zero attached hydrogens (tertiary/aromatic N) is 4. The first kappa shape index (κ1) is 53.6. The zero-order valence-corrected chi connectivity index (χ0v) is 36.1. The van der Waals surface area contributed by atoms with E-state index in [1.165, 1.54) is 20.8 Å². The van der Waals surface area contributed by atoms with E-state index >= 15 is 0 Å². The Hall–Kier alpha value is -3.50. The van der Waals surface area contributed by atoms with Gasteiger partial charge in [0.05, 0.1) is 19.5 Å². The van der Waals surface area contributed by atoms with Crippen molar-refractivity contribution in [2.75, 3.05) is 37.8 Å². The summed E-state index contributed by atoms with van der Waals surface area (Å²) in [4.78, 5) is 106. The fraction of sp³-hybridized carbons (Fsp3) is 0.655. The third-order valence-corrected chi connectivity index (χ3v) is 11.8. The van der Waals surface area contributed by atoms with E-state index in [1.807, 2.05) is 0 Å². The van der Waals surface area contributed by atoms with E-state index in [0.717, 1.165) is 29.0 Å². The minimum atomic E-state index is -5.56. The van der Waals surface area contributed by atoms with Crippen LogP contribution in [0.5, 0.6) is 0 Å². The lowest BCUT2D eigenvalue weighted by Gasteiger charge is -2.30. The fourth-order valence-electron chi connectivity index (χ4n) is 4.88. The Kier molecular flexibility index (Phi) is 20.9. The summed E-state index contributed by atoms with van der Waals surface area (Å²) in [5.74, 6) is -2.82. The molecule has 2 aromatic rings. The third kappa shape index (κ3) is 19.2. The molecule has 12 N–H and O–H groups in total. The van der Waals surface area contributed by atoms with Crippen LogP contribution in [0.25, 0.3) is 11.2 Å². The summed E-state index contributed by atoms with van der Waals surface area (Å²) in [5, 5.41) is 42.3. The number of thioether (sulfide) groups is 1. The highest BCUT2D eigenvalue weighted by molar-refractivity contribution is 8.13. The maximum Gasteiger partial charge on any atom is 0.481 e. The van der Waals surface area contributed by atoms with Crippen LogP contribution in [0.4, 0.5) is 5.82 Å². The Morgan fingerprint density at radius 2 is 1.56 bits per heavy atom. The summed E-state index contributed by atoms with van der Waals surface area (Å²) in [6.45, 7) is 1.90. The minimum absolute atomic E-state index is 0.0310. The van der Waals surface area contributed by atoms with Crippen LogP contribution in [0.2, 0.25) is 0 Å². The third-order valence-electron chi connectivity index (χ3n) is 7.84. The smallest absolute Gasteiger partial charge is 0.481 e. The Morgan fingerprint density at radius 1 is 0.951 bits per heavy atom. The van der Waals surface area contributed by atoms with Crippen molar-refractivity contribution < 1.29 is 100 Å². The van der Waals surface area contributed by atoms with Crippen LogP contribution < -0.4 is 16.4 Å². The van der Waals surface area contributed by atoms with Gasteiger partial charge in [-0.25, -0.2) is 28.6 Å². The standard InChI is InChI=1S/C23H38N7O17P3S.C6H10O4/c1-12(31)51-7-6-25-14(32)4-5-26-21(35)18(34)23(2,3)9-44-50(41,42)47-49(39,40)43-8-13-17(46-48(36,37)38)16(33)22(45-13)30-11-29-15-19(24)27-10-28-20(15)30;7-5(8)3-1-2-4-6(9)10/h10-11,13,16-18,22,33-34H,4-9H2,1-3H3,(H,25,32)(H,26,35)(H,39,40)(H,41,42)(H2,24,27,28)(H2,36,37,38);1-4H2,(H,7,8)(H,9,10)/t13-,16-,17-,18?,22-;/m1./s1. The van der Waals surface area contributed by atoms with Gasteiger partial charge in [0.15, 0.2) is 22.8 Å². The molecule has 346 valence electrons. The summed E-state index contributed by atoms with van der Waals surface area (Å²) in [5.41, 5.74) is 4.26. The molecule has 2 amide bonds. The van der Waals surface area contributed by atoms with Crippen molar-refractivity contribution in [3.63, 3.8) is 0 Å².